The average Bonchev–Trinajstić information content (AvgIpc) is 3.06. The van der Waals surface area contributed by atoms with Gasteiger partial charge in [-0.05, 0) is 19.8 Å². The van der Waals surface area contributed by atoms with Gasteiger partial charge in [-0.2, -0.15) is 4.98 Å². The number of hydrogen-bond donors (Lipinski definition) is 0. The van der Waals surface area contributed by atoms with Crippen molar-refractivity contribution in [2.24, 2.45) is 5.92 Å². The van der Waals surface area contributed by atoms with Crippen molar-refractivity contribution in [3.63, 3.8) is 0 Å². The minimum absolute atomic E-state index is 0.0621. The van der Waals surface area contributed by atoms with Crippen LogP contribution in [0.25, 0.3) is 11.2 Å². The molecule has 2 aromatic rings. The van der Waals surface area contributed by atoms with Crippen LogP contribution >= 0.6 is 0 Å². The summed E-state index contributed by atoms with van der Waals surface area (Å²) < 4.78 is 14.3. The summed E-state index contributed by atoms with van der Waals surface area (Å²) in [5.41, 5.74) is 2.48. The van der Waals surface area contributed by atoms with Crippen LogP contribution in [0.2, 0.25) is 0 Å². The van der Waals surface area contributed by atoms with E-state index >= 15 is 0 Å². The second kappa shape index (κ2) is 4.15. The van der Waals surface area contributed by atoms with Crippen molar-refractivity contribution in [1.82, 2.24) is 19.5 Å². The molecule has 0 aliphatic carbocycles. The lowest BCUT2D eigenvalue weighted by atomic mass is 9.94. The molecular formula is C14H18N4O2. The molecule has 0 saturated carbocycles. The molecule has 2 unspecified atom stereocenters. The summed E-state index contributed by atoms with van der Waals surface area (Å²) in [6.07, 6.45) is 3.85. The Morgan fingerprint density at radius 1 is 1.25 bits per heavy atom. The average molecular weight is 274 g/mol. The van der Waals surface area contributed by atoms with E-state index in [1.807, 2.05) is 11.5 Å². The lowest BCUT2D eigenvalue weighted by Crippen LogP contribution is -2.27. The molecular weight excluding hydrogens is 256 g/mol. The summed E-state index contributed by atoms with van der Waals surface area (Å²) in [6, 6.07) is 0.617. The molecule has 0 bridgehead atoms. The molecule has 0 N–H and O–H groups in total. The number of aromatic nitrogens is 4. The fourth-order valence-electron chi connectivity index (χ4n) is 3.46. The van der Waals surface area contributed by atoms with E-state index in [1.54, 1.807) is 6.33 Å². The van der Waals surface area contributed by atoms with E-state index in [-0.39, 0.29) is 18.4 Å². The van der Waals surface area contributed by atoms with Crippen LogP contribution in [0.5, 0.6) is 6.01 Å². The highest BCUT2D eigenvalue weighted by atomic mass is 16.6. The third kappa shape index (κ3) is 1.40. The van der Waals surface area contributed by atoms with E-state index in [9.17, 15) is 0 Å². The molecule has 2 aliphatic rings. The van der Waals surface area contributed by atoms with Gasteiger partial charge in [0.05, 0.1) is 11.8 Å². The van der Waals surface area contributed by atoms with Crippen LogP contribution in [0.3, 0.4) is 0 Å². The smallest absolute Gasteiger partial charge is 0.301 e. The third-order valence-electron chi connectivity index (χ3n) is 4.49. The number of nitrogens with zero attached hydrogens (tertiary/aromatic N) is 4. The Morgan fingerprint density at radius 3 is 2.85 bits per heavy atom. The highest BCUT2D eigenvalue weighted by Crippen LogP contribution is 2.46. The second-order valence-corrected chi connectivity index (χ2v) is 5.52. The van der Waals surface area contributed by atoms with Crippen LogP contribution in [0, 0.1) is 12.8 Å². The molecule has 106 valence electrons. The van der Waals surface area contributed by atoms with Gasteiger partial charge in [-0.1, -0.05) is 13.8 Å². The van der Waals surface area contributed by atoms with Crippen LogP contribution in [0.1, 0.15) is 38.6 Å². The summed E-state index contributed by atoms with van der Waals surface area (Å²) in [4.78, 5) is 13.1. The molecule has 20 heavy (non-hydrogen) atoms. The normalized spacial score (nSPS) is 31.4. The quantitative estimate of drug-likeness (QED) is 0.840. The Balaban J connectivity index is 1.83. The van der Waals surface area contributed by atoms with E-state index in [0.29, 0.717) is 11.9 Å². The Morgan fingerprint density at radius 2 is 2.10 bits per heavy atom. The number of aryl methyl sites for hydroxylation is 1. The van der Waals surface area contributed by atoms with Crippen molar-refractivity contribution in [2.45, 2.75) is 52.0 Å². The fourth-order valence-corrected chi connectivity index (χ4v) is 3.46. The number of fused-ring (bicyclic) bond motifs is 5. The van der Waals surface area contributed by atoms with E-state index in [4.69, 9.17) is 9.47 Å². The molecule has 4 rings (SSSR count). The van der Waals surface area contributed by atoms with Crippen molar-refractivity contribution in [1.29, 1.82) is 0 Å². The Kier molecular flexibility index (Phi) is 2.51. The molecule has 4 heterocycles. The van der Waals surface area contributed by atoms with Gasteiger partial charge in [0.1, 0.15) is 11.8 Å². The van der Waals surface area contributed by atoms with Crippen LogP contribution < -0.4 is 4.74 Å². The van der Waals surface area contributed by atoms with Crippen LogP contribution in [0.15, 0.2) is 6.33 Å². The topological polar surface area (TPSA) is 62.1 Å². The largest absolute Gasteiger partial charge is 0.456 e. The maximum Gasteiger partial charge on any atom is 0.301 e. The molecule has 0 amide bonds. The van der Waals surface area contributed by atoms with Crippen molar-refractivity contribution >= 4 is 11.2 Å². The van der Waals surface area contributed by atoms with Gasteiger partial charge in [-0.25, -0.2) is 14.5 Å². The molecule has 2 aliphatic heterocycles. The number of ether oxygens (including phenoxy) is 2. The van der Waals surface area contributed by atoms with Crippen molar-refractivity contribution in [3.05, 3.63) is 12.0 Å². The molecule has 0 aromatic carbocycles. The second-order valence-electron chi connectivity index (χ2n) is 5.52. The zero-order chi connectivity index (χ0) is 13.9. The first kappa shape index (κ1) is 12.1. The molecule has 2 aromatic heterocycles. The Hall–Kier alpha value is -1.69. The maximum atomic E-state index is 6.21. The van der Waals surface area contributed by atoms with E-state index in [2.05, 4.69) is 28.8 Å². The lowest BCUT2D eigenvalue weighted by Gasteiger charge is -2.18. The zero-order valence-electron chi connectivity index (χ0n) is 11.9. The highest BCUT2D eigenvalue weighted by molar-refractivity contribution is 5.75. The number of rotatable bonds is 2. The predicted octanol–water partition coefficient (Wildman–Crippen LogP) is 2.23. The first-order chi connectivity index (χ1) is 9.74. The van der Waals surface area contributed by atoms with Gasteiger partial charge >= 0.3 is 6.01 Å². The third-order valence-corrected chi connectivity index (χ3v) is 4.49. The first-order valence-corrected chi connectivity index (χ1v) is 7.26. The Bertz CT molecular complexity index is 668. The van der Waals surface area contributed by atoms with Gasteiger partial charge < -0.3 is 9.47 Å². The minimum atomic E-state index is -0.0980. The maximum absolute atomic E-state index is 6.21. The molecule has 0 radical (unpaired) electrons. The van der Waals surface area contributed by atoms with Crippen LogP contribution in [-0.4, -0.2) is 31.7 Å². The first-order valence-electron chi connectivity index (χ1n) is 7.26. The summed E-state index contributed by atoms with van der Waals surface area (Å²) in [5.74, 6) is 0.421. The number of imidazole rings is 1. The van der Waals surface area contributed by atoms with Gasteiger partial charge in [-0.15, -0.1) is 0 Å². The number of hydrogen-bond acceptors (Lipinski definition) is 5. The fraction of sp³-hybridized carbons (Fsp3) is 0.643. The summed E-state index contributed by atoms with van der Waals surface area (Å²) in [7, 11) is 0. The molecule has 1 saturated heterocycles. The molecule has 0 spiro atoms. The van der Waals surface area contributed by atoms with E-state index < -0.39 is 0 Å². The van der Waals surface area contributed by atoms with Crippen molar-refractivity contribution < 1.29 is 9.47 Å². The minimum Gasteiger partial charge on any atom is -0.456 e. The summed E-state index contributed by atoms with van der Waals surface area (Å²) >= 11 is 0. The van der Waals surface area contributed by atoms with Crippen LogP contribution in [-0.2, 0) is 4.74 Å². The molecule has 6 nitrogen and oxygen atoms in total. The Labute approximate surface area is 117 Å². The van der Waals surface area contributed by atoms with E-state index in [1.165, 1.54) is 0 Å². The monoisotopic (exact) mass is 274 g/mol. The molecule has 1 fully saturated rings. The van der Waals surface area contributed by atoms with Gasteiger partial charge in [0.2, 0.25) is 0 Å². The van der Waals surface area contributed by atoms with E-state index in [0.717, 1.165) is 29.7 Å². The lowest BCUT2D eigenvalue weighted by molar-refractivity contribution is -0.00637. The summed E-state index contributed by atoms with van der Waals surface area (Å²) in [5, 5.41) is 0. The van der Waals surface area contributed by atoms with Gasteiger partial charge in [0, 0.05) is 5.92 Å². The molecule has 4 atom stereocenters. The van der Waals surface area contributed by atoms with Crippen molar-refractivity contribution in [2.75, 3.05) is 0 Å². The van der Waals surface area contributed by atoms with Gasteiger partial charge in [-0.3, -0.25) is 0 Å². The SMILES string of the molecule is CCC1C2Oc3nc4c(C)ncnc4n3[C@H]2O[C@@H]1CC. The van der Waals surface area contributed by atoms with Crippen LogP contribution in [0.4, 0.5) is 0 Å². The zero-order valence-corrected chi connectivity index (χ0v) is 11.9. The highest BCUT2D eigenvalue weighted by Gasteiger charge is 2.51. The van der Waals surface area contributed by atoms with Gasteiger partial charge in [0.25, 0.3) is 0 Å². The summed E-state index contributed by atoms with van der Waals surface area (Å²) in [6.45, 7) is 6.28. The van der Waals surface area contributed by atoms with Gasteiger partial charge in [0.15, 0.2) is 18.0 Å². The predicted molar refractivity (Wildman–Crippen MR) is 72.5 cm³/mol. The molecule has 6 heteroatoms. The van der Waals surface area contributed by atoms with Crippen molar-refractivity contribution in [3.8, 4) is 6.01 Å². The standard InChI is InChI=1S/C14H18N4O2/c1-4-8-9(5-2)19-13-11(8)20-14-17-10-7(3)15-6-16-12(10)18(13)14/h6,8-9,11,13H,4-5H2,1-3H3/t8?,9-,11?,13+/m1/s1.